The molecule has 142 valence electrons. The molecule has 0 radical (unpaired) electrons. The maximum atomic E-state index is 12.2. The fraction of sp³-hybridized carbons (Fsp3) is 0.250. The molecule has 7 heteroatoms. The van der Waals surface area contributed by atoms with Gasteiger partial charge in [-0.3, -0.25) is 4.79 Å². The third-order valence-electron chi connectivity index (χ3n) is 3.36. The second-order valence-corrected chi connectivity index (χ2v) is 5.37. The van der Waals surface area contributed by atoms with Gasteiger partial charge < -0.3 is 19.0 Å². The van der Waals surface area contributed by atoms with Crippen molar-refractivity contribution in [2.75, 3.05) is 13.7 Å². The topological polar surface area (TPSA) is 83.4 Å². The van der Waals surface area contributed by atoms with Gasteiger partial charge in [-0.25, -0.2) is 4.79 Å². The van der Waals surface area contributed by atoms with Crippen molar-refractivity contribution in [1.29, 1.82) is 0 Å². The summed E-state index contributed by atoms with van der Waals surface area (Å²) in [6, 6.07) is 14.3. The largest absolute Gasteiger partial charge is 0.489 e. The Morgan fingerprint density at radius 1 is 1.07 bits per heavy atom. The van der Waals surface area contributed by atoms with E-state index in [-0.39, 0.29) is 23.6 Å². The number of ether oxygens (including phenoxy) is 3. The minimum absolute atomic E-state index is 0.124. The van der Waals surface area contributed by atoms with Crippen LogP contribution in [-0.2, 0) is 25.8 Å². The minimum Gasteiger partial charge on any atom is -0.489 e. The average molecular weight is 371 g/mol. The molecular weight excluding hydrogens is 350 g/mol. The van der Waals surface area contributed by atoms with E-state index in [2.05, 4.69) is 5.16 Å². The van der Waals surface area contributed by atoms with Crippen molar-refractivity contribution in [1.82, 2.24) is 0 Å². The summed E-state index contributed by atoms with van der Waals surface area (Å²) in [6.07, 6.45) is 0. The first kappa shape index (κ1) is 20.0. The van der Waals surface area contributed by atoms with Crippen molar-refractivity contribution in [2.24, 2.45) is 5.16 Å². The number of esters is 2. The Labute approximate surface area is 157 Å². The molecule has 0 N–H and O–H groups in total. The van der Waals surface area contributed by atoms with E-state index in [1.807, 2.05) is 30.3 Å². The smallest absolute Gasteiger partial charge is 0.361 e. The summed E-state index contributed by atoms with van der Waals surface area (Å²) in [6.45, 7) is 3.44. The summed E-state index contributed by atoms with van der Waals surface area (Å²) in [7, 11) is 1.31. The number of carbonyl (C=O) groups excluding carboxylic acids is 2. The van der Waals surface area contributed by atoms with Crippen LogP contribution in [0.2, 0.25) is 0 Å². The molecule has 0 heterocycles. The molecule has 0 aliphatic heterocycles. The number of hydrogen-bond donors (Lipinski definition) is 0. The van der Waals surface area contributed by atoms with Crippen molar-refractivity contribution >= 4 is 17.7 Å². The summed E-state index contributed by atoms with van der Waals surface area (Å²) in [5.41, 5.74) is 1.09. The molecule has 2 rings (SSSR count). The van der Waals surface area contributed by atoms with Crippen LogP contribution in [0.3, 0.4) is 0 Å². The van der Waals surface area contributed by atoms with Gasteiger partial charge in [0.25, 0.3) is 0 Å². The highest BCUT2D eigenvalue weighted by Crippen LogP contribution is 2.26. The van der Waals surface area contributed by atoms with Crippen LogP contribution in [0.25, 0.3) is 0 Å². The van der Waals surface area contributed by atoms with Crippen molar-refractivity contribution < 1.29 is 28.6 Å². The fourth-order valence-corrected chi connectivity index (χ4v) is 2.26. The lowest BCUT2D eigenvalue weighted by atomic mass is 10.1. The lowest BCUT2D eigenvalue weighted by molar-refractivity contribution is -0.135. The lowest BCUT2D eigenvalue weighted by Crippen LogP contribution is -2.21. The maximum absolute atomic E-state index is 12.2. The first-order valence-electron chi connectivity index (χ1n) is 8.33. The molecule has 0 aliphatic carbocycles. The zero-order valence-corrected chi connectivity index (χ0v) is 15.4. The van der Waals surface area contributed by atoms with Crippen LogP contribution in [0.1, 0.15) is 25.0 Å². The normalized spacial score (nSPS) is 10.9. The van der Waals surface area contributed by atoms with E-state index in [0.29, 0.717) is 12.4 Å². The van der Waals surface area contributed by atoms with Gasteiger partial charge in [-0.05, 0) is 30.7 Å². The zero-order chi connectivity index (χ0) is 19.6. The second-order valence-electron chi connectivity index (χ2n) is 5.37. The number of oxime groups is 1. The second kappa shape index (κ2) is 9.96. The molecule has 0 aliphatic rings. The molecule has 0 saturated heterocycles. The molecule has 2 aromatic carbocycles. The van der Waals surface area contributed by atoms with Crippen molar-refractivity contribution in [3.63, 3.8) is 0 Å². The van der Waals surface area contributed by atoms with Gasteiger partial charge in [-0.15, -0.1) is 0 Å². The monoisotopic (exact) mass is 371 g/mol. The van der Waals surface area contributed by atoms with E-state index in [0.717, 1.165) is 5.56 Å². The molecule has 0 atom stereocenters. The van der Waals surface area contributed by atoms with Crippen LogP contribution in [0, 0.1) is 0 Å². The van der Waals surface area contributed by atoms with Gasteiger partial charge in [0, 0.05) is 6.92 Å². The highest BCUT2D eigenvalue weighted by molar-refractivity contribution is 6.43. The van der Waals surface area contributed by atoms with E-state index in [4.69, 9.17) is 19.0 Å². The Morgan fingerprint density at radius 3 is 2.44 bits per heavy atom. The van der Waals surface area contributed by atoms with Gasteiger partial charge in [0.2, 0.25) is 0 Å². The standard InChI is InChI=1S/C20H21NO6/c1-4-25-20(23)19(21-24-3)17-12-16(10-11-18(17)27-14(2)22)26-13-15-8-6-5-7-9-15/h5-12H,4,13H2,1-3H3/b21-19-. The molecule has 0 unspecified atom stereocenters. The van der Waals surface area contributed by atoms with E-state index < -0.39 is 11.9 Å². The van der Waals surface area contributed by atoms with Gasteiger partial charge in [0.05, 0.1) is 12.2 Å². The lowest BCUT2D eigenvalue weighted by Gasteiger charge is -2.13. The van der Waals surface area contributed by atoms with Crippen molar-refractivity contribution in [2.45, 2.75) is 20.5 Å². The first-order chi connectivity index (χ1) is 13.0. The SMILES string of the molecule is CCOC(=O)/C(=N\OC)c1cc(OCc2ccccc2)ccc1OC(C)=O. The third-order valence-corrected chi connectivity index (χ3v) is 3.36. The zero-order valence-electron chi connectivity index (χ0n) is 15.4. The minimum atomic E-state index is -0.701. The quantitative estimate of drug-likeness (QED) is 0.307. The third kappa shape index (κ3) is 5.85. The summed E-state index contributed by atoms with van der Waals surface area (Å²) in [5, 5.41) is 3.74. The van der Waals surface area contributed by atoms with Gasteiger partial charge >= 0.3 is 11.9 Å². The van der Waals surface area contributed by atoms with Crippen molar-refractivity contribution in [3.05, 3.63) is 59.7 Å². The van der Waals surface area contributed by atoms with Crippen LogP contribution >= 0.6 is 0 Å². The molecule has 0 fully saturated rings. The first-order valence-corrected chi connectivity index (χ1v) is 8.33. The van der Waals surface area contributed by atoms with Crippen LogP contribution in [0.15, 0.2) is 53.7 Å². The van der Waals surface area contributed by atoms with E-state index in [1.54, 1.807) is 19.1 Å². The molecule has 0 aromatic heterocycles. The van der Waals surface area contributed by atoms with Gasteiger partial charge in [0.15, 0.2) is 5.71 Å². The predicted molar refractivity (Wildman–Crippen MR) is 98.7 cm³/mol. The highest BCUT2D eigenvalue weighted by Gasteiger charge is 2.22. The van der Waals surface area contributed by atoms with Crippen LogP contribution in [0.5, 0.6) is 11.5 Å². The Balaban J connectivity index is 2.36. The van der Waals surface area contributed by atoms with Gasteiger partial charge in [-0.2, -0.15) is 0 Å². The summed E-state index contributed by atoms with van der Waals surface area (Å²) >= 11 is 0. The Morgan fingerprint density at radius 2 is 1.81 bits per heavy atom. The molecule has 2 aromatic rings. The molecule has 0 saturated carbocycles. The van der Waals surface area contributed by atoms with E-state index >= 15 is 0 Å². The van der Waals surface area contributed by atoms with E-state index in [9.17, 15) is 9.59 Å². The Hall–Kier alpha value is -3.35. The maximum Gasteiger partial charge on any atom is 0.361 e. The Kier molecular flexibility index (Phi) is 7.37. The van der Waals surface area contributed by atoms with Crippen LogP contribution in [-0.4, -0.2) is 31.4 Å². The predicted octanol–water partition coefficient (Wildman–Crippen LogP) is 3.10. The van der Waals surface area contributed by atoms with Gasteiger partial charge in [-0.1, -0.05) is 35.5 Å². The van der Waals surface area contributed by atoms with Gasteiger partial charge in [0.1, 0.15) is 25.2 Å². The summed E-state index contributed by atoms with van der Waals surface area (Å²) in [5.74, 6) is -0.612. The number of hydrogen-bond acceptors (Lipinski definition) is 7. The summed E-state index contributed by atoms with van der Waals surface area (Å²) in [4.78, 5) is 28.4. The average Bonchev–Trinajstić information content (AvgIpc) is 2.66. The molecule has 27 heavy (non-hydrogen) atoms. The molecule has 0 bridgehead atoms. The van der Waals surface area contributed by atoms with Crippen molar-refractivity contribution in [3.8, 4) is 11.5 Å². The summed E-state index contributed by atoms with van der Waals surface area (Å²) < 4.78 is 16.0. The molecule has 0 amide bonds. The number of nitrogens with zero attached hydrogens (tertiary/aromatic N) is 1. The highest BCUT2D eigenvalue weighted by atomic mass is 16.6. The van der Waals surface area contributed by atoms with Crippen LogP contribution in [0.4, 0.5) is 0 Å². The fourth-order valence-electron chi connectivity index (χ4n) is 2.26. The van der Waals surface area contributed by atoms with Crippen LogP contribution < -0.4 is 9.47 Å². The molecule has 0 spiro atoms. The van der Waals surface area contributed by atoms with E-state index in [1.165, 1.54) is 20.1 Å². The number of rotatable bonds is 8. The number of carbonyl (C=O) groups is 2. The molecule has 7 nitrogen and oxygen atoms in total. The number of benzene rings is 2. The molecular formula is C20H21NO6. The Bertz CT molecular complexity index is 816.